The van der Waals surface area contributed by atoms with Gasteiger partial charge in [-0.2, -0.15) is 0 Å². The summed E-state index contributed by atoms with van der Waals surface area (Å²) in [5, 5.41) is 250. The Labute approximate surface area is 704 Å². The summed E-state index contributed by atoms with van der Waals surface area (Å²) < 4.78 is 79.6. The minimum atomic E-state index is -1.99. The molecule has 3 amide bonds. The Morgan fingerprint density at radius 1 is 0.295 bits per heavy atom. The van der Waals surface area contributed by atoms with E-state index in [0.29, 0.717) is 83.6 Å². The highest BCUT2D eigenvalue weighted by Crippen LogP contribution is 2.35. The maximum absolute atomic E-state index is 13.5. The van der Waals surface area contributed by atoms with Crippen LogP contribution in [-0.4, -0.2) is 490 Å². The van der Waals surface area contributed by atoms with Gasteiger partial charge in [-0.1, -0.05) is 32.6 Å². The molecule has 0 aromatic heterocycles. The number of unbranched alkanes of at least 4 members (excludes halogenated alkanes) is 7. The lowest BCUT2D eigenvalue weighted by atomic mass is 9.96. The Kier molecular flexibility index (Phi) is 46.0. The monoisotopic (exact) mass is 1780 g/mol. The summed E-state index contributed by atoms with van der Waals surface area (Å²) >= 11 is 0. The Balaban J connectivity index is 0.872. The highest BCUT2D eigenvalue weighted by molar-refractivity contribution is 5.84. The number of hydrogen-bond acceptors (Lipinski definition) is 44. The van der Waals surface area contributed by atoms with E-state index in [9.17, 15) is 141 Å². The van der Waals surface area contributed by atoms with Crippen LogP contribution in [0.3, 0.4) is 0 Å². The number of ketones is 2. The number of Topliss-reactive ketones (excluding diaryl/α,β-unsaturated/α-hetero) is 2. The van der Waals surface area contributed by atoms with Crippen LogP contribution in [0.4, 0.5) is 0 Å². The van der Waals surface area contributed by atoms with Gasteiger partial charge in [0.15, 0.2) is 44.0 Å². The van der Waals surface area contributed by atoms with Crippen LogP contribution in [0.2, 0.25) is 0 Å². The molecule has 0 aromatic rings. The normalized spacial score (nSPS) is 38.4. The van der Waals surface area contributed by atoms with Crippen molar-refractivity contribution in [3.8, 4) is 0 Å². The topological polar surface area (TPSA) is 722 Å². The van der Waals surface area contributed by atoms with Gasteiger partial charge in [-0.3, -0.25) is 33.8 Å². The number of ether oxygens (including phenoxy) is 14. The lowest BCUT2D eigenvalue weighted by molar-refractivity contribution is -0.366. The van der Waals surface area contributed by atoms with E-state index in [2.05, 4.69) is 16.0 Å². The van der Waals surface area contributed by atoms with Gasteiger partial charge in [-0.05, 0) is 58.4 Å². The maximum Gasteiger partial charge on any atom is 0.234 e. The first-order valence-corrected chi connectivity index (χ1v) is 41.8. The first-order valence-electron chi connectivity index (χ1n) is 41.8. The van der Waals surface area contributed by atoms with Crippen LogP contribution in [0.15, 0.2) is 0 Å². The van der Waals surface area contributed by atoms with Crippen LogP contribution in [0, 0.1) is 0 Å². The smallest absolute Gasteiger partial charge is 0.234 e. The predicted octanol–water partition coefficient (Wildman–Crippen LogP) is -13.3. The van der Waals surface area contributed by atoms with Crippen molar-refractivity contribution >= 4 is 29.3 Å². The molecule has 0 aromatic carbocycles. The molecule has 35 atom stereocenters. The molecular formula is C75H133N5O42. The van der Waals surface area contributed by atoms with Gasteiger partial charge >= 0.3 is 0 Å². The van der Waals surface area contributed by atoms with Crippen LogP contribution >= 0.6 is 0 Å². The minimum absolute atomic E-state index is 0.00525. The summed E-state index contributed by atoms with van der Waals surface area (Å²) in [6, 6.07) is 0. The molecule has 7 aliphatic rings. The fourth-order valence-corrected chi connectivity index (χ4v) is 14.7. The molecule has 47 heteroatoms. The Morgan fingerprint density at radius 2 is 0.607 bits per heavy atom. The number of carbonyl (C=O) groups is 5. The van der Waals surface area contributed by atoms with Gasteiger partial charge in [0.1, 0.15) is 176 Å². The van der Waals surface area contributed by atoms with Crippen LogP contribution in [0.1, 0.15) is 110 Å². The Hall–Kier alpha value is -3.81. The largest absolute Gasteiger partial charge is 0.394 e. The molecule has 122 heavy (non-hydrogen) atoms. The van der Waals surface area contributed by atoms with E-state index < -0.39 is 272 Å². The quantitative estimate of drug-likeness (QED) is 0.0252. The molecule has 0 saturated carbocycles. The number of carbonyl (C=O) groups excluding carboxylic acids is 5. The summed E-state index contributed by atoms with van der Waals surface area (Å²) in [6.07, 6.45) is -53.0. The summed E-state index contributed by atoms with van der Waals surface area (Å²) in [5.74, 6) is -1.48. The van der Waals surface area contributed by atoms with Gasteiger partial charge in [0.05, 0.1) is 85.2 Å². The summed E-state index contributed by atoms with van der Waals surface area (Å²) in [6.45, 7) is -1.81. The van der Waals surface area contributed by atoms with Gasteiger partial charge in [0.25, 0.3) is 0 Å². The number of nitrogens with one attached hydrogen (secondary N) is 3. The molecule has 7 aliphatic heterocycles. The zero-order chi connectivity index (χ0) is 89.6. The second-order valence-corrected chi connectivity index (χ2v) is 31.6. The van der Waals surface area contributed by atoms with Gasteiger partial charge in [0, 0.05) is 58.4 Å². The second-order valence-electron chi connectivity index (χ2n) is 31.6. The number of aliphatic hydroxyl groups excluding tert-OH is 23. The van der Waals surface area contributed by atoms with Crippen molar-refractivity contribution in [3.63, 3.8) is 0 Å². The molecule has 26 N–H and O–H groups in total. The molecule has 47 nitrogen and oxygen atoms in total. The van der Waals surface area contributed by atoms with Crippen molar-refractivity contribution in [2.45, 2.75) is 325 Å². The molecule has 0 radical (unpaired) electrons. The van der Waals surface area contributed by atoms with E-state index >= 15 is 0 Å². The molecule has 710 valence electrons. The van der Waals surface area contributed by atoms with Crippen LogP contribution < -0.4 is 16.0 Å². The summed E-state index contributed by atoms with van der Waals surface area (Å²) in [4.78, 5) is 68.2. The number of rotatable bonds is 53. The van der Waals surface area contributed by atoms with Gasteiger partial charge in [-0.25, -0.2) is 0 Å². The maximum atomic E-state index is 13.5. The van der Waals surface area contributed by atoms with E-state index in [1.165, 1.54) is 11.8 Å². The van der Waals surface area contributed by atoms with Gasteiger partial charge in [-0.15, -0.1) is 0 Å². The molecule has 7 fully saturated rings. The van der Waals surface area contributed by atoms with E-state index in [4.69, 9.17) is 66.3 Å². The number of hydrogen-bond donors (Lipinski definition) is 26. The third kappa shape index (κ3) is 30.9. The SMILES string of the molecule is CCC(=O)CCCCCNC(=O)CN(CC(=O)NCCCCCCN(CCO[C@@H]1O[C@@H](C)[C@@H](O)[C@@H](O)[C@@H]1O)CCO[C@H]1O[C@H](CO[C@H]2O[C@H](CO)[C@@H](O)[C@H](O)[C@@H]2O)[C@@H](O)[C@H](O[C@H]2O[C@H](CO)[C@@H](O)[C@H](O)[C@@H]2O)[C@@H]1O)CC(=O)NCCCCCC(=O)CCCO[C@@H]1O[C@H](CO[C@H]2O[C@H](CO)[C@@H](O)[C@H](O)[C@@H]2O)[C@@H](O)[C@H](O[C@H]2O[C@H](CO)[C@@H](O)[C@H](O)[C@@H]2O)[C@@H]1O. The van der Waals surface area contributed by atoms with Crippen LogP contribution in [0.25, 0.3) is 0 Å². The highest BCUT2D eigenvalue weighted by Gasteiger charge is 2.55. The second kappa shape index (κ2) is 53.4. The average molecular weight is 1780 g/mol. The molecular weight excluding hydrogens is 1640 g/mol. The van der Waals surface area contributed by atoms with Crippen LogP contribution in [0.5, 0.6) is 0 Å². The standard InChI is InChI=1S/C75H133N5O42/c1-3-37(85)15-8-6-11-19-77-46(88)28-80(29-47(89)78-20-12-7-9-16-38(86)17-14-24-109-72-65(107)67(121-74-63(105)58(100)51(93)41(32-83)117-74)53(95)43(119-72)34-112-70-61(103)56(98)49(91)39(30-81)115-70)27-45(87)76-18-10-4-5-13-21-79(22-25-110-69-60(102)55(97)48(90)36(2)114-69)23-26-111-73-66(108)68(122-75-64(106)59(101)52(94)42(33-84)118-75)54(96)44(120-73)35-113-71-62(104)57(99)50(92)40(31-82)116-71/h36,39-44,48-75,81-84,90-108H,3-35H2,1-2H3,(H,76,87)(H,77,88)(H,78,89)/t36-,39+,40+,41+,42+,43+,44+,48+,49+,50+,51+,52+,53+,54+,55+,56-,57-,58-,59-,60-,61-,62-,63-,64-,65-,66-,67-,68-,69+,70-,71-,72+,73-,74+,75+/m0/s1. The molecule has 0 spiro atoms. The van der Waals surface area contributed by atoms with E-state index in [-0.39, 0.29) is 103 Å². The van der Waals surface area contributed by atoms with Crippen molar-refractivity contribution in [2.75, 3.05) is 118 Å². The lowest BCUT2D eigenvalue weighted by Gasteiger charge is -2.46. The minimum Gasteiger partial charge on any atom is -0.394 e. The zero-order valence-electron chi connectivity index (χ0n) is 68.5. The summed E-state index contributed by atoms with van der Waals surface area (Å²) in [5.41, 5.74) is 0. The van der Waals surface area contributed by atoms with E-state index in [1.807, 2.05) is 4.90 Å². The average Bonchev–Trinajstić information content (AvgIpc) is 0.790. The van der Waals surface area contributed by atoms with E-state index in [0.717, 1.165) is 0 Å². The third-order valence-corrected chi connectivity index (χ3v) is 22.3. The fraction of sp³-hybridized carbons (Fsp3) is 0.933. The number of aliphatic hydroxyl groups is 23. The predicted molar refractivity (Wildman–Crippen MR) is 405 cm³/mol. The molecule has 7 saturated heterocycles. The van der Waals surface area contributed by atoms with Gasteiger partial charge < -0.3 is 200 Å². The highest BCUT2D eigenvalue weighted by atomic mass is 16.8. The van der Waals surface area contributed by atoms with Crippen molar-refractivity contribution in [1.82, 2.24) is 25.8 Å². The van der Waals surface area contributed by atoms with Crippen LogP contribution in [-0.2, 0) is 90.3 Å². The first kappa shape index (κ1) is 105. The number of amides is 3. The summed E-state index contributed by atoms with van der Waals surface area (Å²) in [7, 11) is 0. The van der Waals surface area contributed by atoms with Crippen molar-refractivity contribution < 1.29 is 208 Å². The van der Waals surface area contributed by atoms with Crippen molar-refractivity contribution in [2.24, 2.45) is 0 Å². The molecule has 7 rings (SSSR count). The molecule has 0 aliphatic carbocycles. The Bertz CT molecular complexity index is 3010. The van der Waals surface area contributed by atoms with Gasteiger partial charge in [0.2, 0.25) is 17.7 Å². The Morgan fingerprint density at radius 3 is 0.992 bits per heavy atom. The lowest BCUT2D eigenvalue weighted by Crippen LogP contribution is -2.65. The first-order chi connectivity index (χ1) is 58.2. The molecule has 0 bridgehead atoms. The van der Waals surface area contributed by atoms with E-state index in [1.54, 1.807) is 6.92 Å². The molecule has 7 heterocycles. The van der Waals surface area contributed by atoms with Crippen molar-refractivity contribution in [3.05, 3.63) is 0 Å². The molecule has 0 unspecified atom stereocenters. The fourth-order valence-electron chi connectivity index (χ4n) is 14.7. The zero-order valence-corrected chi connectivity index (χ0v) is 68.5. The number of nitrogens with zero attached hydrogens (tertiary/aromatic N) is 2. The third-order valence-electron chi connectivity index (χ3n) is 22.3. The van der Waals surface area contributed by atoms with Crippen molar-refractivity contribution in [1.29, 1.82) is 0 Å².